The molecule has 2 rings (SSSR count). The molecule has 1 aliphatic heterocycles. The van der Waals surface area contributed by atoms with Crippen LogP contribution in [0.4, 0.5) is 4.39 Å². The molecule has 1 aromatic carbocycles. The number of esters is 1. The molecule has 2 atom stereocenters. The lowest BCUT2D eigenvalue weighted by molar-refractivity contribution is -0.907. The van der Waals surface area contributed by atoms with Crippen LogP contribution in [0, 0.1) is 11.7 Å². The number of carbonyl (C=O) groups excluding carboxylic acids is 1. The molecule has 22 heavy (non-hydrogen) atoms. The Kier molecular flexibility index (Phi) is 6.65. The van der Waals surface area contributed by atoms with Gasteiger partial charge >= 0.3 is 5.97 Å². The van der Waals surface area contributed by atoms with E-state index in [-0.39, 0.29) is 17.7 Å². The summed E-state index contributed by atoms with van der Waals surface area (Å²) in [6, 6.07) is 6.45. The van der Waals surface area contributed by atoms with Crippen molar-refractivity contribution in [1.29, 1.82) is 0 Å². The summed E-state index contributed by atoms with van der Waals surface area (Å²) in [5.41, 5.74) is 0. The minimum absolute atomic E-state index is 0.0242. The first kappa shape index (κ1) is 16.7. The molecule has 0 saturated carbocycles. The van der Waals surface area contributed by atoms with Gasteiger partial charge in [0, 0.05) is 6.42 Å². The number of hydrogen-bond donors (Lipinski definition) is 1. The third-order valence-electron chi connectivity index (χ3n) is 4.01. The Morgan fingerprint density at radius 1 is 1.41 bits per heavy atom. The van der Waals surface area contributed by atoms with E-state index >= 15 is 0 Å². The van der Waals surface area contributed by atoms with Crippen LogP contribution in [0.1, 0.15) is 26.2 Å². The molecule has 0 radical (unpaired) electrons. The highest BCUT2D eigenvalue weighted by atomic mass is 19.1. The van der Waals surface area contributed by atoms with Gasteiger partial charge in [0.25, 0.3) is 0 Å². The average molecular weight is 310 g/mol. The lowest BCUT2D eigenvalue weighted by Gasteiger charge is -2.28. The van der Waals surface area contributed by atoms with Gasteiger partial charge in [-0.05, 0) is 31.9 Å². The molecule has 1 aliphatic rings. The zero-order valence-corrected chi connectivity index (χ0v) is 13.1. The lowest BCUT2D eigenvalue weighted by Crippen LogP contribution is -3.13. The molecule has 0 aromatic heterocycles. The maximum atomic E-state index is 13.4. The summed E-state index contributed by atoms with van der Waals surface area (Å²) in [5, 5.41) is 0. The minimum Gasteiger partial charge on any atom is -0.490 e. The van der Waals surface area contributed by atoms with Gasteiger partial charge in [0.2, 0.25) is 0 Å². The molecule has 0 amide bonds. The molecule has 4 nitrogen and oxygen atoms in total. The van der Waals surface area contributed by atoms with Gasteiger partial charge in [-0.15, -0.1) is 0 Å². The van der Waals surface area contributed by atoms with Crippen LogP contribution in [0.25, 0.3) is 0 Å². The fourth-order valence-electron chi connectivity index (χ4n) is 2.91. The quantitative estimate of drug-likeness (QED) is 0.612. The molecular formula is C17H25FNO3+. The molecule has 1 saturated heterocycles. The number of hydrogen-bond acceptors (Lipinski definition) is 3. The van der Waals surface area contributed by atoms with E-state index < -0.39 is 0 Å². The Labute approximate surface area is 131 Å². The van der Waals surface area contributed by atoms with E-state index in [0.29, 0.717) is 19.0 Å². The molecule has 0 aliphatic carbocycles. The third kappa shape index (κ3) is 4.98. The summed E-state index contributed by atoms with van der Waals surface area (Å²) < 4.78 is 24.0. The normalized spacial score (nSPS) is 21.4. The summed E-state index contributed by atoms with van der Waals surface area (Å²) >= 11 is 0. The second-order valence-corrected chi connectivity index (χ2v) is 5.68. The van der Waals surface area contributed by atoms with Gasteiger partial charge in [0.05, 0.1) is 32.8 Å². The molecule has 1 aromatic rings. The number of rotatable bonds is 7. The molecule has 1 heterocycles. The van der Waals surface area contributed by atoms with Crippen LogP contribution in [0.3, 0.4) is 0 Å². The van der Waals surface area contributed by atoms with Crippen LogP contribution in [-0.2, 0) is 9.53 Å². The number of piperidine rings is 1. The van der Waals surface area contributed by atoms with Crippen molar-refractivity contribution in [3.63, 3.8) is 0 Å². The second-order valence-electron chi connectivity index (χ2n) is 5.68. The van der Waals surface area contributed by atoms with Crippen LogP contribution in [0.2, 0.25) is 0 Å². The van der Waals surface area contributed by atoms with Crippen molar-refractivity contribution < 1.29 is 23.6 Å². The smallest absolute Gasteiger partial charge is 0.314 e. The Morgan fingerprint density at radius 3 is 3.00 bits per heavy atom. The van der Waals surface area contributed by atoms with Gasteiger partial charge in [-0.2, -0.15) is 0 Å². The number of carbonyl (C=O) groups is 1. The number of halogens is 1. The molecule has 1 N–H and O–H groups in total. The van der Waals surface area contributed by atoms with E-state index in [1.165, 1.54) is 11.0 Å². The fraction of sp³-hybridized carbons (Fsp3) is 0.588. The van der Waals surface area contributed by atoms with Gasteiger partial charge in [0.1, 0.15) is 5.92 Å². The molecule has 0 spiro atoms. The molecule has 1 fully saturated rings. The highest BCUT2D eigenvalue weighted by molar-refractivity contribution is 5.72. The zero-order valence-electron chi connectivity index (χ0n) is 13.1. The van der Waals surface area contributed by atoms with Gasteiger partial charge < -0.3 is 14.4 Å². The lowest BCUT2D eigenvalue weighted by atomic mass is 9.98. The zero-order chi connectivity index (χ0) is 15.8. The first-order chi connectivity index (χ1) is 10.7. The van der Waals surface area contributed by atoms with Crippen molar-refractivity contribution in [2.45, 2.75) is 26.2 Å². The first-order valence-electron chi connectivity index (χ1n) is 8.08. The topological polar surface area (TPSA) is 40.0 Å². The third-order valence-corrected chi connectivity index (χ3v) is 4.01. The molecule has 122 valence electrons. The van der Waals surface area contributed by atoms with E-state index in [4.69, 9.17) is 9.47 Å². The van der Waals surface area contributed by atoms with Gasteiger partial charge in [-0.3, -0.25) is 4.79 Å². The predicted molar refractivity (Wildman–Crippen MR) is 81.4 cm³/mol. The van der Waals surface area contributed by atoms with Crippen LogP contribution in [0.15, 0.2) is 24.3 Å². The van der Waals surface area contributed by atoms with Gasteiger partial charge in [-0.1, -0.05) is 12.1 Å². The Hall–Kier alpha value is -1.62. The fourth-order valence-corrected chi connectivity index (χ4v) is 2.91. The SMILES string of the molecule is CCOC(=O)[C@H]1CCC[NH+](CCCOc2ccccc2F)C1. The maximum Gasteiger partial charge on any atom is 0.314 e. The second kappa shape index (κ2) is 8.73. The number of likely N-dealkylation sites (tertiary alicyclic amines) is 1. The Morgan fingerprint density at radius 2 is 2.23 bits per heavy atom. The van der Waals surface area contributed by atoms with Crippen molar-refractivity contribution >= 4 is 5.97 Å². The standard InChI is InChI=1S/C17H24FNO3/c1-2-21-17(20)14-7-5-10-19(13-14)11-6-12-22-16-9-4-3-8-15(16)18/h3-4,8-9,14H,2,5-7,10-13H2,1H3/p+1/t14-/m0/s1. The highest BCUT2D eigenvalue weighted by Gasteiger charge is 2.29. The van der Waals surface area contributed by atoms with Crippen molar-refractivity contribution in [3.05, 3.63) is 30.1 Å². The van der Waals surface area contributed by atoms with Crippen molar-refractivity contribution in [1.82, 2.24) is 0 Å². The van der Waals surface area contributed by atoms with Crippen molar-refractivity contribution in [2.75, 3.05) is 32.8 Å². The highest BCUT2D eigenvalue weighted by Crippen LogP contribution is 2.15. The number of quaternary nitrogens is 1. The van der Waals surface area contributed by atoms with Gasteiger partial charge in [-0.25, -0.2) is 4.39 Å². The van der Waals surface area contributed by atoms with Gasteiger partial charge in [0.15, 0.2) is 11.6 Å². The van der Waals surface area contributed by atoms with Crippen molar-refractivity contribution in [3.8, 4) is 5.75 Å². The number of benzene rings is 1. The molecule has 0 bridgehead atoms. The Bertz CT molecular complexity index is 481. The van der Waals surface area contributed by atoms with Crippen molar-refractivity contribution in [2.24, 2.45) is 5.92 Å². The van der Waals surface area contributed by atoms with E-state index in [1.807, 2.05) is 6.92 Å². The maximum absolute atomic E-state index is 13.4. The molecular weight excluding hydrogens is 285 g/mol. The van der Waals surface area contributed by atoms with Crippen LogP contribution in [-0.4, -0.2) is 38.8 Å². The first-order valence-corrected chi connectivity index (χ1v) is 8.08. The minimum atomic E-state index is -0.324. The Balaban J connectivity index is 1.68. The number of ether oxygens (including phenoxy) is 2. The summed E-state index contributed by atoms with van der Waals surface area (Å²) in [6.45, 7) is 5.62. The van der Waals surface area contributed by atoms with E-state index in [0.717, 1.165) is 38.9 Å². The summed E-state index contributed by atoms with van der Waals surface area (Å²) in [4.78, 5) is 13.2. The molecule has 5 heteroatoms. The van der Waals surface area contributed by atoms with E-state index in [1.54, 1.807) is 18.2 Å². The molecule has 1 unspecified atom stereocenters. The largest absolute Gasteiger partial charge is 0.490 e. The summed E-state index contributed by atoms with van der Waals surface area (Å²) in [7, 11) is 0. The monoisotopic (exact) mass is 310 g/mol. The predicted octanol–water partition coefficient (Wildman–Crippen LogP) is 1.45. The number of nitrogens with one attached hydrogen (secondary N) is 1. The van der Waals surface area contributed by atoms with Crippen LogP contribution < -0.4 is 9.64 Å². The summed E-state index contributed by atoms with van der Waals surface area (Å²) in [6.07, 6.45) is 2.82. The average Bonchev–Trinajstić information content (AvgIpc) is 2.54. The van der Waals surface area contributed by atoms with Crippen LogP contribution >= 0.6 is 0 Å². The number of para-hydroxylation sites is 1. The summed E-state index contributed by atoms with van der Waals surface area (Å²) in [5.74, 6) is -0.0609. The van der Waals surface area contributed by atoms with Crippen LogP contribution in [0.5, 0.6) is 5.75 Å². The van der Waals surface area contributed by atoms with E-state index in [2.05, 4.69) is 0 Å². The van der Waals surface area contributed by atoms with E-state index in [9.17, 15) is 9.18 Å².